The number of carboxylic acid groups (broad SMARTS) is 1. The van der Waals surface area contributed by atoms with Crippen molar-refractivity contribution >= 4 is 16.2 Å². The van der Waals surface area contributed by atoms with Gasteiger partial charge < -0.3 is 5.11 Å². The van der Waals surface area contributed by atoms with Crippen molar-refractivity contribution in [1.82, 2.24) is 8.61 Å². The molecule has 0 aromatic rings. The molecule has 0 atom stereocenters. The number of nitrogens with zero attached hydrogens (tertiary/aromatic N) is 2. The summed E-state index contributed by atoms with van der Waals surface area (Å²) in [5.74, 6) is -0.959. The minimum atomic E-state index is -3.39. The Hall–Kier alpha value is -0.660. The van der Waals surface area contributed by atoms with Crippen LogP contribution in [0.5, 0.6) is 0 Å². The molecule has 1 saturated heterocycles. The van der Waals surface area contributed by atoms with Crippen molar-refractivity contribution in [2.24, 2.45) is 0 Å². The van der Waals surface area contributed by atoms with Gasteiger partial charge in [-0.05, 0) is 19.3 Å². The molecule has 1 aliphatic heterocycles. The molecule has 1 heterocycles. The molecule has 6 nitrogen and oxygen atoms in total. The van der Waals surface area contributed by atoms with Gasteiger partial charge in [-0.1, -0.05) is 0 Å². The highest BCUT2D eigenvalue weighted by molar-refractivity contribution is 7.86. The zero-order chi connectivity index (χ0) is 11.8. The molecule has 0 radical (unpaired) electrons. The van der Waals surface area contributed by atoms with E-state index in [1.165, 1.54) is 8.61 Å². The van der Waals surface area contributed by atoms with Gasteiger partial charge in [0, 0.05) is 25.7 Å². The first-order chi connectivity index (χ1) is 7.51. The SMILES string of the molecule is O=C(O)CCN1CCCN(C2CC2)S1(=O)=O. The second-order valence-corrected chi connectivity index (χ2v) is 6.13. The molecule has 0 bridgehead atoms. The molecule has 2 rings (SSSR count). The largest absolute Gasteiger partial charge is 0.481 e. The van der Waals surface area contributed by atoms with Crippen molar-refractivity contribution in [3.8, 4) is 0 Å². The van der Waals surface area contributed by atoms with E-state index in [0.29, 0.717) is 13.1 Å². The highest BCUT2D eigenvalue weighted by Crippen LogP contribution is 2.32. The third-order valence-corrected chi connectivity index (χ3v) is 5.03. The van der Waals surface area contributed by atoms with Gasteiger partial charge in [-0.25, -0.2) is 0 Å². The van der Waals surface area contributed by atoms with E-state index in [9.17, 15) is 13.2 Å². The standard InChI is InChI=1S/C9H16N2O4S/c12-9(13)4-7-10-5-1-6-11(8-2-3-8)16(10,14)15/h8H,1-7H2,(H,12,13). The number of hydrogen-bond donors (Lipinski definition) is 1. The predicted octanol–water partition coefficient (Wildman–Crippen LogP) is -0.124. The first-order valence-electron chi connectivity index (χ1n) is 5.50. The fourth-order valence-electron chi connectivity index (χ4n) is 1.96. The molecule has 0 amide bonds. The number of hydrogen-bond acceptors (Lipinski definition) is 3. The Morgan fingerprint density at radius 3 is 2.56 bits per heavy atom. The van der Waals surface area contributed by atoms with Gasteiger partial charge in [0.15, 0.2) is 0 Å². The van der Waals surface area contributed by atoms with Crippen LogP contribution in [0, 0.1) is 0 Å². The quantitative estimate of drug-likeness (QED) is 0.752. The third-order valence-electron chi connectivity index (χ3n) is 2.94. The summed E-state index contributed by atoms with van der Waals surface area (Å²) in [6, 6.07) is 0.164. The minimum absolute atomic E-state index is 0.0842. The number of aliphatic carboxylic acids is 1. The van der Waals surface area contributed by atoms with Crippen LogP contribution in [0.4, 0.5) is 0 Å². The summed E-state index contributed by atoms with van der Waals surface area (Å²) in [7, 11) is -3.39. The molecule has 2 fully saturated rings. The van der Waals surface area contributed by atoms with E-state index >= 15 is 0 Å². The highest BCUT2D eigenvalue weighted by Gasteiger charge is 2.42. The van der Waals surface area contributed by atoms with Gasteiger partial charge in [-0.15, -0.1) is 0 Å². The fourth-order valence-corrected chi connectivity index (χ4v) is 3.89. The van der Waals surface area contributed by atoms with Crippen LogP contribution in [0.15, 0.2) is 0 Å². The van der Waals surface area contributed by atoms with Crippen molar-refractivity contribution in [3.63, 3.8) is 0 Å². The topological polar surface area (TPSA) is 77.9 Å². The maximum Gasteiger partial charge on any atom is 0.304 e. The molecule has 0 aromatic carbocycles. The van der Waals surface area contributed by atoms with Crippen LogP contribution in [0.2, 0.25) is 0 Å². The van der Waals surface area contributed by atoms with Gasteiger partial charge in [-0.2, -0.15) is 17.0 Å². The first kappa shape index (κ1) is 11.8. The first-order valence-corrected chi connectivity index (χ1v) is 6.90. The van der Waals surface area contributed by atoms with Gasteiger partial charge >= 0.3 is 5.97 Å². The number of carboxylic acids is 1. The Morgan fingerprint density at radius 2 is 2.00 bits per heavy atom. The minimum Gasteiger partial charge on any atom is -0.481 e. The van der Waals surface area contributed by atoms with Gasteiger partial charge in [-0.3, -0.25) is 4.79 Å². The Labute approximate surface area is 95.0 Å². The Balaban J connectivity index is 2.04. The van der Waals surface area contributed by atoms with E-state index in [0.717, 1.165) is 19.3 Å². The Morgan fingerprint density at radius 1 is 1.31 bits per heavy atom. The lowest BCUT2D eigenvalue weighted by molar-refractivity contribution is -0.137. The van der Waals surface area contributed by atoms with Crippen LogP contribution in [-0.2, 0) is 15.0 Å². The summed E-state index contributed by atoms with van der Waals surface area (Å²) >= 11 is 0. The fraction of sp³-hybridized carbons (Fsp3) is 0.889. The maximum absolute atomic E-state index is 12.1. The van der Waals surface area contributed by atoms with Gasteiger partial charge in [0.2, 0.25) is 0 Å². The smallest absolute Gasteiger partial charge is 0.304 e. The van der Waals surface area contributed by atoms with Crippen LogP contribution in [0.1, 0.15) is 25.7 Å². The van der Waals surface area contributed by atoms with Crippen molar-refractivity contribution in [3.05, 3.63) is 0 Å². The summed E-state index contributed by atoms with van der Waals surface area (Å²) in [5, 5.41) is 8.57. The maximum atomic E-state index is 12.1. The van der Waals surface area contributed by atoms with Gasteiger partial charge in [0.05, 0.1) is 6.42 Å². The molecule has 0 spiro atoms. The zero-order valence-electron chi connectivity index (χ0n) is 9.00. The average Bonchev–Trinajstić information content (AvgIpc) is 2.98. The van der Waals surface area contributed by atoms with E-state index in [2.05, 4.69) is 0 Å². The molecular weight excluding hydrogens is 232 g/mol. The molecule has 0 aromatic heterocycles. The van der Waals surface area contributed by atoms with Crippen LogP contribution in [-0.4, -0.2) is 53.8 Å². The van der Waals surface area contributed by atoms with Crippen LogP contribution >= 0.6 is 0 Å². The monoisotopic (exact) mass is 248 g/mol. The Bertz CT molecular complexity index is 377. The molecule has 1 saturated carbocycles. The summed E-state index contributed by atoms with van der Waals surface area (Å²) in [6.07, 6.45) is 2.53. The molecule has 1 N–H and O–H groups in total. The zero-order valence-corrected chi connectivity index (χ0v) is 9.82. The summed E-state index contributed by atoms with van der Waals surface area (Å²) in [5.41, 5.74) is 0. The summed E-state index contributed by atoms with van der Waals surface area (Å²) in [4.78, 5) is 10.4. The predicted molar refractivity (Wildman–Crippen MR) is 57.1 cm³/mol. The molecule has 7 heteroatoms. The molecule has 2 aliphatic rings. The summed E-state index contributed by atoms with van der Waals surface area (Å²) < 4.78 is 27.0. The average molecular weight is 248 g/mol. The van der Waals surface area contributed by atoms with Gasteiger partial charge in [0.1, 0.15) is 0 Å². The highest BCUT2D eigenvalue weighted by atomic mass is 32.2. The molecular formula is C9H16N2O4S. The molecule has 0 unspecified atom stereocenters. The van der Waals surface area contributed by atoms with Crippen molar-refractivity contribution in [2.75, 3.05) is 19.6 Å². The normalized spacial score (nSPS) is 26.8. The molecule has 1 aliphatic carbocycles. The lowest BCUT2D eigenvalue weighted by atomic mass is 10.3. The molecule has 92 valence electrons. The number of rotatable bonds is 4. The summed E-state index contributed by atoms with van der Waals surface area (Å²) in [6.45, 7) is 1.11. The van der Waals surface area contributed by atoms with Crippen LogP contribution in [0.25, 0.3) is 0 Å². The Kier molecular flexibility index (Phi) is 3.18. The second kappa shape index (κ2) is 4.31. The van der Waals surface area contributed by atoms with Crippen LogP contribution in [0.3, 0.4) is 0 Å². The lowest BCUT2D eigenvalue weighted by Gasteiger charge is -2.34. The lowest BCUT2D eigenvalue weighted by Crippen LogP contribution is -2.50. The van der Waals surface area contributed by atoms with Crippen LogP contribution < -0.4 is 0 Å². The third kappa shape index (κ3) is 2.36. The van der Waals surface area contributed by atoms with E-state index in [1.807, 2.05) is 0 Å². The second-order valence-electron chi connectivity index (χ2n) is 4.25. The molecule has 16 heavy (non-hydrogen) atoms. The van der Waals surface area contributed by atoms with E-state index < -0.39 is 16.2 Å². The van der Waals surface area contributed by atoms with E-state index in [4.69, 9.17) is 5.11 Å². The van der Waals surface area contributed by atoms with E-state index in [1.54, 1.807) is 0 Å². The van der Waals surface area contributed by atoms with E-state index in [-0.39, 0.29) is 19.0 Å². The van der Waals surface area contributed by atoms with Crippen molar-refractivity contribution in [1.29, 1.82) is 0 Å². The van der Waals surface area contributed by atoms with Crippen molar-refractivity contribution < 1.29 is 18.3 Å². The number of carbonyl (C=O) groups is 1. The van der Waals surface area contributed by atoms with Gasteiger partial charge in [0.25, 0.3) is 10.2 Å². The van der Waals surface area contributed by atoms with Crippen molar-refractivity contribution in [2.45, 2.75) is 31.7 Å².